The normalized spacial score (nSPS) is 15.4. The van der Waals surface area contributed by atoms with Gasteiger partial charge >= 0.3 is 5.97 Å². The molecule has 1 unspecified atom stereocenters. The van der Waals surface area contributed by atoms with Crippen molar-refractivity contribution in [1.82, 2.24) is 4.57 Å². The van der Waals surface area contributed by atoms with Crippen molar-refractivity contribution in [3.05, 3.63) is 40.9 Å². The molecule has 0 spiro atoms. The van der Waals surface area contributed by atoms with Gasteiger partial charge in [-0.2, -0.15) is 0 Å². The summed E-state index contributed by atoms with van der Waals surface area (Å²) in [5.41, 5.74) is 3.05. The highest BCUT2D eigenvalue weighted by atomic mass is 16.6. The van der Waals surface area contributed by atoms with E-state index in [-0.39, 0.29) is 22.9 Å². The van der Waals surface area contributed by atoms with Gasteiger partial charge in [0.1, 0.15) is 18.0 Å². The van der Waals surface area contributed by atoms with Gasteiger partial charge in [-0.25, -0.2) is 4.79 Å². The van der Waals surface area contributed by atoms with Crippen LogP contribution < -0.4 is 14.8 Å². The van der Waals surface area contributed by atoms with Gasteiger partial charge in [-0.15, -0.1) is 0 Å². The minimum atomic E-state index is -1.04. The largest absolute Gasteiger partial charge is 0.493 e. The molecule has 0 aliphatic carbocycles. The minimum Gasteiger partial charge on any atom is -0.493 e. The number of aromatic carboxylic acids is 1. The van der Waals surface area contributed by atoms with E-state index in [1.807, 2.05) is 16.7 Å². The molecular formula is C23H30N2O6. The van der Waals surface area contributed by atoms with Crippen molar-refractivity contribution < 1.29 is 28.9 Å². The highest BCUT2D eigenvalue weighted by molar-refractivity contribution is 5.87. The van der Waals surface area contributed by atoms with E-state index in [0.717, 1.165) is 29.7 Å². The molecule has 0 bridgehead atoms. The number of benzene rings is 1. The van der Waals surface area contributed by atoms with E-state index in [0.29, 0.717) is 24.7 Å². The summed E-state index contributed by atoms with van der Waals surface area (Å²) in [6.45, 7) is 5.42. The fourth-order valence-electron chi connectivity index (χ4n) is 3.93. The number of nitrogens with zero attached hydrogens (tertiary/aromatic N) is 2. The first-order valence-electron chi connectivity index (χ1n) is 10.3. The maximum atomic E-state index is 11.8. The molecular weight excluding hydrogens is 400 g/mol. The van der Waals surface area contributed by atoms with Gasteiger partial charge in [0, 0.05) is 37.9 Å². The third-order valence-electron chi connectivity index (χ3n) is 5.49. The molecule has 1 aromatic carbocycles. The van der Waals surface area contributed by atoms with Crippen LogP contribution in [0.3, 0.4) is 0 Å². The number of carboxylic acids is 1. The number of hydrogen-bond acceptors (Lipinski definition) is 6. The summed E-state index contributed by atoms with van der Waals surface area (Å²) >= 11 is 0. The molecule has 0 fully saturated rings. The average molecular weight is 431 g/mol. The fraction of sp³-hybridized carbons (Fsp3) is 0.478. The lowest BCUT2D eigenvalue weighted by molar-refractivity contribution is 0.0691. The Labute approximate surface area is 182 Å². The van der Waals surface area contributed by atoms with Crippen molar-refractivity contribution in [3.63, 3.8) is 0 Å². The molecule has 1 aliphatic rings. The molecule has 0 amide bonds. The van der Waals surface area contributed by atoms with Gasteiger partial charge in [0.05, 0.1) is 19.4 Å². The first-order valence-corrected chi connectivity index (χ1v) is 10.3. The van der Waals surface area contributed by atoms with Crippen LogP contribution in [0.1, 0.15) is 42.2 Å². The number of carbonyl (C=O) groups is 1. The number of pyridine rings is 1. The Bertz CT molecular complexity index is 1010. The monoisotopic (exact) mass is 430 g/mol. The van der Waals surface area contributed by atoms with Gasteiger partial charge < -0.3 is 28.7 Å². The van der Waals surface area contributed by atoms with E-state index in [1.165, 1.54) is 7.11 Å². The van der Waals surface area contributed by atoms with Crippen LogP contribution in [0, 0.1) is 5.92 Å². The Kier molecular flexibility index (Phi) is 7.22. The molecule has 3 rings (SSSR count). The predicted octanol–water partition coefficient (Wildman–Crippen LogP) is 3.49. The lowest BCUT2D eigenvalue weighted by Crippen LogP contribution is -2.28. The van der Waals surface area contributed by atoms with Gasteiger partial charge in [0.2, 0.25) is 0 Å². The van der Waals surface area contributed by atoms with Gasteiger partial charge in [-0.1, -0.05) is 19.0 Å². The Morgan fingerprint density at radius 3 is 2.58 bits per heavy atom. The number of fused-ring (bicyclic) bond motifs is 3. The SMILES string of the molecule is COCCCOc1cc2c(cc1OC)-c1cc(=NOC)c(C(=O)O)cn1C(C(C)C)C2. The summed E-state index contributed by atoms with van der Waals surface area (Å²) in [6, 6.07) is 5.82. The Balaban J connectivity index is 2.16. The molecule has 8 heteroatoms. The molecule has 2 heterocycles. The first-order chi connectivity index (χ1) is 14.9. The van der Waals surface area contributed by atoms with Crippen LogP contribution in [0.25, 0.3) is 11.3 Å². The summed E-state index contributed by atoms with van der Waals surface area (Å²) < 4.78 is 18.7. The van der Waals surface area contributed by atoms with Crippen LogP contribution in [0.15, 0.2) is 29.6 Å². The summed E-state index contributed by atoms with van der Waals surface area (Å²) in [5.74, 6) is 0.559. The van der Waals surface area contributed by atoms with E-state index < -0.39 is 5.97 Å². The van der Waals surface area contributed by atoms with Crippen molar-refractivity contribution in [2.45, 2.75) is 32.7 Å². The Morgan fingerprint density at radius 1 is 1.19 bits per heavy atom. The Morgan fingerprint density at radius 2 is 1.97 bits per heavy atom. The van der Waals surface area contributed by atoms with Crippen LogP contribution >= 0.6 is 0 Å². The number of carboxylic acid groups (broad SMARTS) is 1. The fourth-order valence-corrected chi connectivity index (χ4v) is 3.93. The smallest absolute Gasteiger partial charge is 0.339 e. The van der Waals surface area contributed by atoms with Crippen molar-refractivity contribution >= 4 is 5.97 Å². The molecule has 0 saturated heterocycles. The van der Waals surface area contributed by atoms with E-state index in [2.05, 4.69) is 19.0 Å². The quantitative estimate of drug-likeness (QED) is 0.484. The zero-order valence-corrected chi connectivity index (χ0v) is 18.7. The van der Waals surface area contributed by atoms with Gasteiger partial charge in [-0.05, 0) is 36.1 Å². The van der Waals surface area contributed by atoms with E-state index >= 15 is 0 Å². The standard InChI is InChI=1S/C23H30N2O6/c1-14(2)19-9-15-10-22(31-8-6-7-28-3)21(29-4)11-16(15)20-12-18(24-30-5)17(23(26)27)13-25(19)20/h10-14,19H,6-9H2,1-5H3,(H,26,27). The number of hydrogen-bond donors (Lipinski definition) is 1. The van der Waals surface area contributed by atoms with E-state index in [1.54, 1.807) is 26.5 Å². The number of methoxy groups -OCH3 is 2. The zero-order valence-electron chi connectivity index (χ0n) is 18.7. The van der Waals surface area contributed by atoms with Crippen LogP contribution in [0.2, 0.25) is 0 Å². The molecule has 2 aromatic rings. The third kappa shape index (κ3) is 4.69. The second kappa shape index (κ2) is 9.87. The second-order valence-electron chi connectivity index (χ2n) is 7.81. The molecule has 31 heavy (non-hydrogen) atoms. The summed E-state index contributed by atoms with van der Waals surface area (Å²) in [4.78, 5) is 16.7. The maximum Gasteiger partial charge on any atom is 0.339 e. The van der Waals surface area contributed by atoms with Crippen LogP contribution in [0.5, 0.6) is 11.5 Å². The number of aromatic nitrogens is 1. The van der Waals surface area contributed by atoms with Crippen LogP contribution in [0.4, 0.5) is 0 Å². The molecule has 1 atom stereocenters. The number of ether oxygens (including phenoxy) is 3. The minimum absolute atomic E-state index is 0.0898. The van der Waals surface area contributed by atoms with Gasteiger partial charge in [0.15, 0.2) is 11.5 Å². The summed E-state index contributed by atoms with van der Waals surface area (Å²) in [5, 5.41) is 13.9. The maximum absolute atomic E-state index is 11.8. The van der Waals surface area contributed by atoms with E-state index in [4.69, 9.17) is 19.0 Å². The molecule has 1 aliphatic heterocycles. The third-order valence-corrected chi connectivity index (χ3v) is 5.49. The average Bonchev–Trinajstić information content (AvgIpc) is 2.75. The highest BCUT2D eigenvalue weighted by Gasteiger charge is 2.29. The molecule has 168 valence electrons. The predicted molar refractivity (Wildman–Crippen MR) is 116 cm³/mol. The summed E-state index contributed by atoms with van der Waals surface area (Å²) in [7, 11) is 4.68. The van der Waals surface area contributed by atoms with Gasteiger partial charge in [-0.3, -0.25) is 0 Å². The lowest BCUT2D eigenvalue weighted by atomic mass is 9.87. The Hall–Kier alpha value is -3.00. The van der Waals surface area contributed by atoms with Crippen molar-refractivity contribution in [2.75, 3.05) is 34.5 Å². The molecule has 1 N–H and O–H groups in total. The first kappa shape index (κ1) is 22.7. The molecule has 0 saturated carbocycles. The molecule has 0 radical (unpaired) electrons. The second-order valence-corrected chi connectivity index (χ2v) is 7.81. The van der Waals surface area contributed by atoms with Crippen molar-refractivity contribution in [1.29, 1.82) is 0 Å². The highest BCUT2D eigenvalue weighted by Crippen LogP contribution is 2.42. The molecule has 1 aromatic heterocycles. The van der Waals surface area contributed by atoms with Crippen molar-refractivity contribution in [3.8, 4) is 22.8 Å². The zero-order chi connectivity index (χ0) is 22.5. The topological polar surface area (TPSA) is 91.5 Å². The van der Waals surface area contributed by atoms with E-state index in [9.17, 15) is 9.90 Å². The van der Waals surface area contributed by atoms with Crippen LogP contribution in [-0.4, -0.2) is 50.2 Å². The lowest BCUT2D eigenvalue weighted by Gasteiger charge is -2.34. The van der Waals surface area contributed by atoms with Crippen molar-refractivity contribution in [2.24, 2.45) is 11.1 Å². The molecule has 8 nitrogen and oxygen atoms in total. The van der Waals surface area contributed by atoms with Gasteiger partial charge in [0.25, 0.3) is 0 Å². The number of rotatable bonds is 9. The van der Waals surface area contributed by atoms with Crippen LogP contribution in [-0.2, 0) is 16.0 Å². The summed E-state index contributed by atoms with van der Waals surface area (Å²) in [6.07, 6.45) is 3.19.